The number of nitrogens with zero attached hydrogens (tertiary/aromatic N) is 4. The fourth-order valence-corrected chi connectivity index (χ4v) is 1.86. The van der Waals surface area contributed by atoms with E-state index >= 15 is 0 Å². The van der Waals surface area contributed by atoms with Crippen LogP contribution in [-0.2, 0) is 6.42 Å². The summed E-state index contributed by atoms with van der Waals surface area (Å²) in [6.07, 6.45) is 0.468. The lowest BCUT2D eigenvalue weighted by atomic mass is 10.1. The Morgan fingerprint density at radius 1 is 1.26 bits per heavy atom. The van der Waals surface area contributed by atoms with Crippen LogP contribution in [-0.4, -0.2) is 24.6 Å². The van der Waals surface area contributed by atoms with Crippen molar-refractivity contribution in [2.45, 2.75) is 6.42 Å². The zero-order chi connectivity index (χ0) is 13.4. The minimum Gasteiger partial charge on any atom is -0.366 e. The lowest BCUT2D eigenvalue weighted by molar-refractivity contribution is 0.804. The molecule has 0 aliphatic heterocycles. The highest BCUT2D eigenvalue weighted by Crippen LogP contribution is 2.11. The second-order valence-corrected chi connectivity index (χ2v) is 4.41. The molecular formula is C11H9ClN6O. The van der Waals surface area contributed by atoms with Crippen LogP contribution in [0, 0.1) is 0 Å². The fraction of sp³-hybridized carbons (Fsp3) is 0.0909. The molecule has 0 saturated carbocycles. The van der Waals surface area contributed by atoms with Crippen molar-refractivity contribution in [3.8, 4) is 0 Å². The molecule has 96 valence electrons. The van der Waals surface area contributed by atoms with Crippen molar-refractivity contribution < 1.29 is 0 Å². The molecule has 0 aliphatic rings. The standard InChI is InChI=1S/C11H9ClN6O/c12-7-3-1-6(2-4-7)5-8-14-10-16-9(13)17-18(10)11(19)15-8/h1-4H,5H2,(H3,13,14,15,16,17,19). The minimum atomic E-state index is -0.418. The van der Waals surface area contributed by atoms with Crippen LogP contribution in [0.2, 0.25) is 5.02 Å². The van der Waals surface area contributed by atoms with Crippen molar-refractivity contribution in [1.82, 2.24) is 24.6 Å². The first-order valence-electron chi connectivity index (χ1n) is 5.48. The average Bonchev–Trinajstić information content (AvgIpc) is 2.73. The summed E-state index contributed by atoms with van der Waals surface area (Å²) >= 11 is 5.81. The van der Waals surface area contributed by atoms with Crippen LogP contribution >= 0.6 is 11.6 Å². The van der Waals surface area contributed by atoms with Crippen molar-refractivity contribution in [1.29, 1.82) is 0 Å². The number of nitrogens with one attached hydrogen (secondary N) is 1. The van der Waals surface area contributed by atoms with Gasteiger partial charge in [0.05, 0.1) is 0 Å². The van der Waals surface area contributed by atoms with Crippen LogP contribution in [0.15, 0.2) is 29.1 Å². The van der Waals surface area contributed by atoms with Gasteiger partial charge in [-0.15, -0.1) is 9.61 Å². The topological polar surface area (TPSA) is 102 Å². The molecule has 0 atom stereocenters. The van der Waals surface area contributed by atoms with E-state index < -0.39 is 5.69 Å². The lowest BCUT2D eigenvalue weighted by Crippen LogP contribution is -2.21. The molecule has 2 heterocycles. The summed E-state index contributed by atoms with van der Waals surface area (Å²) in [5.74, 6) is 0.694. The highest BCUT2D eigenvalue weighted by Gasteiger charge is 2.08. The van der Waals surface area contributed by atoms with Gasteiger partial charge in [0.15, 0.2) is 0 Å². The number of fused-ring (bicyclic) bond motifs is 1. The summed E-state index contributed by atoms with van der Waals surface area (Å²) in [6, 6.07) is 7.29. The number of anilines is 1. The zero-order valence-electron chi connectivity index (χ0n) is 9.67. The van der Waals surface area contributed by atoms with Gasteiger partial charge in [0.25, 0.3) is 5.78 Å². The molecule has 0 radical (unpaired) electrons. The van der Waals surface area contributed by atoms with Crippen LogP contribution < -0.4 is 11.4 Å². The normalized spacial score (nSPS) is 11.0. The molecule has 1 aromatic carbocycles. The van der Waals surface area contributed by atoms with Crippen molar-refractivity contribution in [3.05, 3.63) is 51.2 Å². The highest BCUT2D eigenvalue weighted by molar-refractivity contribution is 6.30. The Bertz CT molecular complexity index is 791. The molecule has 0 saturated heterocycles. The molecule has 3 rings (SSSR count). The molecule has 0 aliphatic carbocycles. The number of halogens is 1. The first kappa shape index (κ1) is 11.7. The minimum absolute atomic E-state index is 0.0154. The maximum atomic E-state index is 11.7. The van der Waals surface area contributed by atoms with E-state index in [2.05, 4.69) is 20.1 Å². The van der Waals surface area contributed by atoms with Gasteiger partial charge in [0, 0.05) is 11.4 Å². The van der Waals surface area contributed by atoms with E-state index in [4.69, 9.17) is 17.3 Å². The van der Waals surface area contributed by atoms with E-state index in [1.807, 2.05) is 12.1 Å². The summed E-state index contributed by atoms with van der Waals surface area (Å²) < 4.78 is 1.03. The Morgan fingerprint density at radius 3 is 2.74 bits per heavy atom. The van der Waals surface area contributed by atoms with Gasteiger partial charge in [-0.05, 0) is 17.7 Å². The number of nitrogen functional groups attached to an aromatic ring is 1. The molecule has 0 amide bonds. The largest absolute Gasteiger partial charge is 0.366 e. The van der Waals surface area contributed by atoms with E-state index in [0.717, 1.165) is 10.1 Å². The van der Waals surface area contributed by atoms with Crippen molar-refractivity contribution in [2.75, 3.05) is 5.73 Å². The second-order valence-electron chi connectivity index (χ2n) is 3.97. The first-order chi connectivity index (χ1) is 9.11. The Balaban J connectivity index is 2.01. The Kier molecular flexibility index (Phi) is 2.68. The molecular weight excluding hydrogens is 268 g/mol. The quantitative estimate of drug-likeness (QED) is 0.715. The SMILES string of the molecule is Nc1nc2nc(Cc3ccc(Cl)cc3)[nH]c(=O)n2n1. The molecule has 2 aromatic heterocycles. The predicted molar refractivity (Wildman–Crippen MR) is 70.1 cm³/mol. The molecule has 8 heteroatoms. The summed E-state index contributed by atoms with van der Waals surface area (Å²) in [5.41, 5.74) is 5.99. The highest BCUT2D eigenvalue weighted by atomic mass is 35.5. The third kappa shape index (κ3) is 2.27. The molecule has 0 bridgehead atoms. The van der Waals surface area contributed by atoms with Crippen LogP contribution in [0.4, 0.5) is 5.95 Å². The molecule has 3 aromatic rings. The maximum absolute atomic E-state index is 11.7. The van der Waals surface area contributed by atoms with E-state index in [-0.39, 0.29) is 11.7 Å². The fourth-order valence-electron chi connectivity index (χ4n) is 1.73. The van der Waals surface area contributed by atoms with Crippen LogP contribution in [0.5, 0.6) is 0 Å². The lowest BCUT2D eigenvalue weighted by Gasteiger charge is -2.01. The van der Waals surface area contributed by atoms with Gasteiger partial charge in [-0.25, -0.2) is 4.79 Å². The number of aromatic nitrogens is 5. The number of aromatic amines is 1. The summed E-state index contributed by atoms with van der Waals surface area (Å²) in [5, 5.41) is 4.39. The average molecular weight is 277 g/mol. The Labute approximate surface area is 112 Å². The van der Waals surface area contributed by atoms with Crippen molar-refractivity contribution in [3.63, 3.8) is 0 Å². The van der Waals surface area contributed by atoms with E-state index in [9.17, 15) is 4.79 Å². The van der Waals surface area contributed by atoms with Crippen molar-refractivity contribution in [2.24, 2.45) is 0 Å². The number of hydrogen-bond donors (Lipinski definition) is 2. The molecule has 7 nitrogen and oxygen atoms in total. The van der Waals surface area contributed by atoms with E-state index in [1.54, 1.807) is 12.1 Å². The smallest absolute Gasteiger partial charge is 0.350 e. The summed E-state index contributed by atoms with van der Waals surface area (Å²) in [4.78, 5) is 22.4. The van der Waals surface area contributed by atoms with Crippen LogP contribution in [0.3, 0.4) is 0 Å². The first-order valence-corrected chi connectivity index (χ1v) is 5.85. The number of hydrogen-bond acceptors (Lipinski definition) is 5. The molecule has 0 fully saturated rings. The maximum Gasteiger partial charge on any atom is 0.350 e. The van der Waals surface area contributed by atoms with Gasteiger partial charge in [0.1, 0.15) is 5.82 Å². The van der Waals surface area contributed by atoms with Crippen molar-refractivity contribution >= 4 is 23.3 Å². The van der Waals surface area contributed by atoms with Gasteiger partial charge in [0.2, 0.25) is 5.95 Å². The van der Waals surface area contributed by atoms with E-state index in [0.29, 0.717) is 17.3 Å². The van der Waals surface area contributed by atoms with E-state index in [1.165, 1.54) is 0 Å². The van der Waals surface area contributed by atoms with Gasteiger partial charge >= 0.3 is 5.69 Å². The van der Waals surface area contributed by atoms with Gasteiger partial charge in [-0.1, -0.05) is 23.7 Å². The summed E-state index contributed by atoms with van der Waals surface area (Å²) in [7, 11) is 0. The third-order valence-corrected chi connectivity index (χ3v) is 2.82. The van der Waals surface area contributed by atoms with Gasteiger partial charge in [-0.3, -0.25) is 4.98 Å². The second kappa shape index (κ2) is 4.36. The Hall–Kier alpha value is -2.41. The van der Waals surface area contributed by atoms with Crippen LogP contribution in [0.1, 0.15) is 11.4 Å². The van der Waals surface area contributed by atoms with Crippen LogP contribution in [0.25, 0.3) is 5.78 Å². The Morgan fingerprint density at radius 2 is 2.00 bits per heavy atom. The zero-order valence-corrected chi connectivity index (χ0v) is 10.4. The van der Waals surface area contributed by atoms with Gasteiger partial charge < -0.3 is 5.73 Å². The molecule has 19 heavy (non-hydrogen) atoms. The molecule has 0 spiro atoms. The molecule has 3 N–H and O–H groups in total. The number of H-pyrrole nitrogens is 1. The van der Waals surface area contributed by atoms with Gasteiger partial charge in [-0.2, -0.15) is 9.97 Å². The summed E-state index contributed by atoms with van der Waals surface area (Å²) in [6.45, 7) is 0. The molecule has 0 unspecified atom stereocenters. The predicted octanol–water partition coefficient (Wildman–Crippen LogP) is 0.639. The number of rotatable bonds is 2. The number of nitrogens with two attached hydrogens (primary N) is 1. The monoisotopic (exact) mass is 276 g/mol. The number of benzene rings is 1. The third-order valence-electron chi connectivity index (χ3n) is 2.57.